The number of hydrogen-bond acceptors (Lipinski definition) is 2. The van der Waals surface area contributed by atoms with Gasteiger partial charge in [0.25, 0.3) is 0 Å². The lowest BCUT2D eigenvalue weighted by Gasteiger charge is -2.20. The molecule has 0 atom stereocenters. The van der Waals surface area contributed by atoms with Gasteiger partial charge >= 0.3 is 0 Å². The largest absolute Gasteiger partial charge is 0.320 e. The quantitative estimate of drug-likeness (QED) is 0.802. The standard InChI is InChI=1S/C16H22N2/c1-2-18(12-15-8-9-15)13-16-6-3-5-14(11-16)7-4-10-17/h3,5-6,11,15H,2,8-10,12-13,17H2,1H3. The fourth-order valence-corrected chi connectivity index (χ4v) is 2.13. The molecule has 0 unspecified atom stereocenters. The van der Waals surface area contributed by atoms with Gasteiger partial charge < -0.3 is 5.73 Å². The highest BCUT2D eigenvalue weighted by molar-refractivity contribution is 5.37. The molecule has 0 bridgehead atoms. The SMILES string of the molecule is CCN(Cc1cccc(C#CCN)c1)CC1CC1. The molecule has 1 saturated carbocycles. The third-order valence-corrected chi connectivity index (χ3v) is 3.33. The van der Waals surface area contributed by atoms with Crippen molar-refractivity contribution in [2.45, 2.75) is 26.3 Å². The van der Waals surface area contributed by atoms with Crippen molar-refractivity contribution in [3.8, 4) is 11.8 Å². The molecule has 2 heteroatoms. The first-order valence-corrected chi connectivity index (χ1v) is 6.82. The zero-order chi connectivity index (χ0) is 12.8. The minimum absolute atomic E-state index is 0.424. The molecule has 2 N–H and O–H groups in total. The molecule has 0 aromatic heterocycles. The molecule has 1 aliphatic carbocycles. The summed E-state index contributed by atoms with van der Waals surface area (Å²) in [5, 5.41) is 0. The predicted molar refractivity (Wildman–Crippen MR) is 76.0 cm³/mol. The van der Waals surface area contributed by atoms with Crippen molar-refractivity contribution >= 4 is 0 Å². The lowest BCUT2D eigenvalue weighted by atomic mass is 10.1. The van der Waals surface area contributed by atoms with Crippen LogP contribution in [0.1, 0.15) is 30.9 Å². The Morgan fingerprint density at radius 2 is 2.22 bits per heavy atom. The summed E-state index contributed by atoms with van der Waals surface area (Å²) in [6.07, 6.45) is 2.83. The summed E-state index contributed by atoms with van der Waals surface area (Å²) in [6, 6.07) is 8.49. The van der Waals surface area contributed by atoms with Crippen LogP contribution in [0, 0.1) is 17.8 Å². The Balaban J connectivity index is 1.98. The number of rotatable bonds is 5. The van der Waals surface area contributed by atoms with Gasteiger partial charge in [0.1, 0.15) is 0 Å². The van der Waals surface area contributed by atoms with Crippen molar-refractivity contribution < 1.29 is 0 Å². The van der Waals surface area contributed by atoms with Crippen LogP contribution in [0.3, 0.4) is 0 Å². The van der Waals surface area contributed by atoms with Crippen LogP contribution >= 0.6 is 0 Å². The van der Waals surface area contributed by atoms with E-state index in [1.807, 2.05) is 6.07 Å². The molecule has 96 valence electrons. The molecule has 0 aliphatic heterocycles. The summed E-state index contributed by atoms with van der Waals surface area (Å²) in [6.45, 7) is 6.06. The summed E-state index contributed by atoms with van der Waals surface area (Å²) in [7, 11) is 0. The first-order chi connectivity index (χ1) is 8.81. The lowest BCUT2D eigenvalue weighted by Crippen LogP contribution is -2.25. The van der Waals surface area contributed by atoms with Gasteiger partial charge in [0.2, 0.25) is 0 Å². The van der Waals surface area contributed by atoms with Gasteiger partial charge in [-0.25, -0.2) is 0 Å². The van der Waals surface area contributed by atoms with E-state index in [2.05, 4.69) is 41.9 Å². The van der Waals surface area contributed by atoms with Crippen LogP contribution in [-0.2, 0) is 6.54 Å². The summed E-state index contributed by atoms with van der Waals surface area (Å²) in [4.78, 5) is 2.52. The molecule has 2 rings (SSSR count). The van der Waals surface area contributed by atoms with Gasteiger partial charge in [-0.2, -0.15) is 0 Å². The van der Waals surface area contributed by atoms with Crippen LogP contribution in [0.5, 0.6) is 0 Å². The summed E-state index contributed by atoms with van der Waals surface area (Å²) in [5.41, 5.74) is 7.81. The van der Waals surface area contributed by atoms with Crippen molar-refractivity contribution in [2.75, 3.05) is 19.6 Å². The van der Waals surface area contributed by atoms with Crippen molar-refractivity contribution in [3.05, 3.63) is 35.4 Å². The second kappa shape index (κ2) is 6.58. The van der Waals surface area contributed by atoms with Crippen LogP contribution in [0.15, 0.2) is 24.3 Å². The van der Waals surface area contributed by atoms with Gasteiger partial charge in [0, 0.05) is 18.7 Å². The van der Waals surface area contributed by atoms with Gasteiger partial charge in [0.15, 0.2) is 0 Å². The smallest absolute Gasteiger partial charge is 0.0555 e. The number of nitrogens with zero attached hydrogens (tertiary/aromatic N) is 1. The third kappa shape index (κ3) is 4.18. The van der Waals surface area contributed by atoms with E-state index in [-0.39, 0.29) is 0 Å². The highest BCUT2D eigenvalue weighted by atomic mass is 15.1. The second-order valence-corrected chi connectivity index (χ2v) is 4.98. The molecule has 1 aromatic rings. The van der Waals surface area contributed by atoms with E-state index in [1.54, 1.807) is 0 Å². The van der Waals surface area contributed by atoms with Crippen LogP contribution < -0.4 is 5.73 Å². The minimum atomic E-state index is 0.424. The number of benzene rings is 1. The Labute approximate surface area is 110 Å². The topological polar surface area (TPSA) is 29.3 Å². The van der Waals surface area contributed by atoms with Crippen molar-refractivity contribution in [1.29, 1.82) is 0 Å². The minimum Gasteiger partial charge on any atom is -0.320 e. The van der Waals surface area contributed by atoms with Gasteiger partial charge in [-0.15, -0.1) is 0 Å². The Morgan fingerprint density at radius 1 is 1.39 bits per heavy atom. The Bertz CT molecular complexity index is 438. The Morgan fingerprint density at radius 3 is 2.89 bits per heavy atom. The highest BCUT2D eigenvalue weighted by Crippen LogP contribution is 2.30. The molecule has 0 radical (unpaired) electrons. The molecular weight excluding hydrogens is 220 g/mol. The zero-order valence-electron chi connectivity index (χ0n) is 11.2. The van der Waals surface area contributed by atoms with Crippen molar-refractivity contribution in [3.63, 3.8) is 0 Å². The molecule has 1 fully saturated rings. The zero-order valence-corrected chi connectivity index (χ0v) is 11.2. The molecular formula is C16H22N2. The molecule has 0 spiro atoms. The van der Waals surface area contributed by atoms with Crippen molar-refractivity contribution in [1.82, 2.24) is 4.90 Å². The molecule has 1 aliphatic rings. The summed E-state index contributed by atoms with van der Waals surface area (Å²) < 4.78 is 0. The van der Waals surface area contributed by atoms with E-state index in [9.17, 15) is 0 Å². The molecule has 2 nitrogen and oxygen atoms in total. The molecule has 0 heterocycles. The first kappa shape index (κ1) is 13.1. The Kier molecular flexibility index (Phi) is 4.81. The van der Waals surface area contributed by atoms with Crippen LogP contribution in [0.4, 0.5) is 0 Å². The van der Waals surface area contributed by atoms with E-state index in [0.29, 0.717) is 6.54 Å². The third-order valence-electron chi connectivity index (χ3n) is 3.33. The summed E-state index contributed by atoms with van der Waals surface area (Å²) in [5.74, 6) is 6.95. The fourth-order valence-electron chi connectivity index (χ4n) is 2.13. The van der Waals surface area contributed by atoms with Gasteiger partial charge in [-0.05, 0) is 43.0 Å². The van der Waals surface area contributed by atoms with Crippen LogP contribution in [0.2, 0.25) is 0 Å². The Hall–Kier alpha value is -1.30. The summed E-state index contributed by atoms with van der Waals surface area (Å²) >= 11 is 0. The fraction of sp³-hybridized carbons (Fsp3) is 0.500. The monoisotopic (exact) mass is 242 g/mol. The normalized spacial score (nSPS) is 14.4. The van der Waals surface area contributed by atoms with E-state index in [0.717, 1.165) is 24.6 Å². The number of hydrogen-bond donors (Lipinski definition) is 1. The van der Waals surface area contributed by atoms with Gasteiger partial charge in [-0.3, -0.25) is 4.90 Å². The van der Waals surface area contributed by atoms with Gasteiger partial charge in [0.05, 0.1) is 6.54 Å². The van der Waals surface area contributed by atoms with Gasteiger partial charge in [-0.1, -0.05) is 30.9 Å². The predicted octanol–water partition coefficient (Wildman–Crippen LogP) is 2.23. The second-order valence-electron chi connectivity index (χ2n) is 4.98. The average molecular weight is 242 g/mol. The van der Waals surface area contributed by atoms with E-state index >= 15 is 0 Å². The molecule has 0 saturated heterocycles. The van der Waals surface area contributed by atoms with Crippen LogP contribution in [-0.4, -0.2) is 24.5 Å². The van der Waals surface area contributed by atoms with E-state index in [1.165, 1.54) is 24.9 Å². The van der Waals surface area contributed by atoms with E-state index < -0.39 is 0 Å². The first-order valence-electron chi connectivity index (χ1n) is 6.82. The maximum Gasteiger partial charge on any atom is 0.0555 e. The van der Waals surface area contributed by atoms with Crippen molar-refractivity contribution in [2.24, 2.45) is 11.7 Å². The maximum atomic E-state index is 5.40. The molecule has 0 amide bonds. The highest BCUT2D eigenvalue weighted by Gasteiger charge is 2.23. The molecule has 1 aromatic carbocycles. The average Bonchev–Trinajstić information content (AvgIpc) is 3.20. The maximum absolute atomic E-state index is 5.40. The van der Waals surface area contributed by atoms with E-state index in [4.69, 9.17) is 5.73 Å². The van der Waals surface area contributed by atoms with Crippen LogP contribution in [0.25, 0.3) is 0 Å². The number of nitrogens with two attached hydrogens (primary N) is 1. The lowest BCUT2D eigenvalue weighted by molar-refractivity contribution is 0.268. The molecule has 18 heavy (non-hydrogen) atoms.